The molecule has 0 aromatic heterocycles. The van der Waals surface area contributed by atoms with E-state index < -0.39 is 12.2 Å². The standard InChI is InChI=1S/C12H16Cl2O2/c1-7(2)11(15)12(16-3)10-8(13)5-4-6-9(10)14/h4-7,11-12,15H,1-3H3/t11-,12-/m0/s1. The Kier molecular flexibility index (Phi) is 5.06. The van der Waals surface area contributed by atoms with E-state index in [4.69, 9.17) is 27.9 Å². The zero-order valence-electron chi connectivity index (χ0n) is 9.58. The van der Waals surface area contributed by atoms with Crippen molar-refractivity contribution in [1.29, 1.82) is 0 Å². The molecule has 0 unspecified atom stereocenters. The second kappa shape index (κ2) is 5.87. The predicted octanol–water partition coefficient (Wildman–Crippen LogP) is 3.70. The van der Waals surface area contributed by atoms with E-state index in [1.165, 1.54) is 7.11 Å². The number of aliphatic hydroxyl groups excluding tert-OH is 1. The molecule has 0 aliphatic carbocycles. The Hall–Kier alpha value is -0.280. The molecule has 0 saturated carbocycles. The highest BCUT2D eigenvalue weighted by Gasteiger charge is 2.27. The summed E-state index contributed by atoms with van der Waals surface area (Å²) in [6, 6.07) is 5.24. The zero-order valence-corrected chi connectivity index (χ0v) is 11.1. The first kappa shape index (κ1) is 13.8. The van der Waals surface area contributed by atoms with Gasteiger partial charge in [0, 0.05) is 22.7 Å². The fourth-order valence-electron chi connectivity index (χ4n) is 1.56. The van der Waals surface area contributed by atoms with Gasteiger partial charge >= 0.3 is 0 Å². The molecule has 0 heterocycles. The molecule has 0 radical (unpaired) electrons. The Morgan fingerprint density at radius 2 is 1.69 bits per heavy atom. The van der Waals surface area contributed by atoms with Gasteiger partial charge in [-0.3, -0.25) is 0 Å². The third kappa shape index (κ3) is 2.89. The van der Waals surface area contributed by atoms with Gasteiger partial charge in [-0.05, 0) is 18.1 Å². The van der Waals surface area contributed by atoms with E-state index in [0.717, 1.165) is 0 Å². The average Bonchev–Trinajstić information content (AvgIpc) is 2.22. The van der Waals surface area contributed by atoms with Crippen molar-refractivity contribution in [1.82, 2.24) is 0 Å². The molecule has 0 aliphatic rings. The fraction of sp³-hybridized carbons (Fsp3) is 0.500. The van der Waals surface area contributed by atoms with Crippen LogP contribution in [-0.2, 0) is 4.74 Å². The lowest BCUT2D eigenvalue weighted by molar-refractivity contribution is -0.0359. The molecule has 0 spiro atoms. The van der Waals surface area contributed by atoms with Crippen LogP contribution in [0.2, 0.25) is 10.0 Å². The average molecular weight is 263 g/mol. The Morgan fingerprint density at radius 3 is 2.06 bits per heavy atom. The van der Waals surface area contributed by atoms with Gasteiger partial charge in [0.25, 0.3) is 0 Å². The number of aliphatic hydroxyl groups is 1. The number of halogens is 2. The number of methoxy groups -OCH3 is 1. The van der Waals surface area contributed by atoms with Gasteiger partial charge in [0.1, 0.15) is 6.10 Å². The van der Waals surface area contributed by atoms with E-state index in [1.807, 2.05) is 13.8 Å². The van der Waals surface area contributed by atoms with Crippen molar-refractivity contribution in [3.8, 4) is 0 Å². The van der Waals surface area contributed by atoms with Gasteiger partial charge in [-0.25, -0.2) is 0 Å². The van der Waals surface area contributed by atoms with Crippen LogP contribution < -0.4 is 0 Å². The third-order valence-electron chi connectivity index (χ3n) is 2.53. The Bertz CT molecular complexity index is 333. The summed E-state index contributed by atoms with van der Waals surface area (Å²) in [5, 5.41) is 11.1. The molecule has 90 valence electrons. The van der Waals surface area contributed by atoms with E-state index in [2.05, 4.69) is 0 Å². The predicted molar refractivity (Wildman–Crippen MR) is 67.1 cm³/mol. The van der Waals surface area contributed by atoms with Crippen LogP contribution >= 0.6 is 23.2 Å². The first-order valence-electron chi connectivity index (χ1n) is 5.13. The quantitative estimate of drug-likeness (QED) is 0.897. The zero-order chi connectivity index (χ0) is 12.3. The van der Waals surface area contributed by atoms with Gasteiger partial charge in [0.05, 0.1) is 6.10 Å². The first-order chi connectivity index (χ1) is 7.49. The highest BCUT2D eigenvalue weighted by Crippen LogP contribution is 2.35. The van der Waals surface area contributed by atoms with E-state index in [-0.39, 0.29) is 5.92 Å². The lowest BCUT2D eigenvalue weighted by Gasteiger charge is -2.26. The molecular formula is C12H16Cl2O2. The summed E-state index contributed by atoms with van der Waals surface area (Å²) in [5.41, 5.74) is 0.648. The Morgan fingerprint density at radius 1 is 1.19 bits per heavy atom. The summed E-state index contributed by atoms with van der Waals surface area (Å²) < 4.78 is 5.30. The first-order valence-corrected chi connectivity index (χ1v) is 5.89. The summed E-state index contributed by atoms with van der Waals surface area (Å²) in [4.78, 5) is 0. The topological polar surface area (TPSA) is 29.5 Å². The third-order valence-corrected chi connectivity index (χ3v) is 3.19. The summed E-state index contributed by atoms with van der Waals surface area (Å²) in [6.45, 7) is 3.84. The second-order valence-electron chi connectivity index (χ2n) is 4.03. The maximum Gasteiger partial charge on any atom is 0.111 e. The van der Waals surface area contributed by atoms with Crippen molar-refractivity contribution in [2.45, 2.75) is 26.1 Å². The molecule has 0 fully saturated rings. The van der Waals surface area contributed by atoms with Crippen molar-refractivity contribution >= 4 is 23.2 Å². The Balaban J connectivity index is 3.13. The van der Waals surface area contributed by atoms with Gasteiger partial charge in [-0.1, -0.05) is 43.1 Å². The van der Waals surface area contributed by atoms with E-state index in [9.17, 15) is 5.11 Å². The van der Waals surface area contributed by atoms with Gasteiger partial charge in [0.2, 0.25) is 0 Å². The van der Waals surface area contributed by atoms with E-state index in [0.29, 0.717) is 15.6 Å². The van der Waals surface area contributed by atoms with Crippen LogP contribution in [0.4, 0.5) is 0 Å². The molecule has 1 aromatic rings. The van der Waals surface area contributed by atoms with Crippen LogP contribution in [0.25, 0.3) is 0 Å². The number of hydrogen-bond acceptors (Lipinski definition) is 2. The monoisotopic (exact) mass is 262 g/mol. The van der Waals surface area contributed by atoms with Gasteiger partial charge in [-0.2, -0.15) is 0 Å². The smallest absolute Gasteiger partial charge is 0.111 e. The number of ether oxygens (including phenoxy) is 1. The van der Waals surface area contributed by atoms with Crippen molar-refractivity contribution in [2.24, 2.45) is 5.92 Å². The second-order valence-corrected chi connectivity index (χ2v) is 4.84. The van der Waals surface area contributed by atoms with Crippen molar-refractivity contribution in [2.75, 3.05) is 7.11 Å². The fourth-order valence-corrected chi connectivity index (χ4v) is 2.17. The lowest BCUT2D eigenvalue weighted by atomic mass is 9.96. The highest BCUT2D eigenvalue weighted by atomic mass is 35.5. The molecule has 1 rings (SSSR count). The maximum absolute atomic E-state index is 10.0. The van der Waals surface area contributed by atoms with E-state index in [1.54, 1.807) is 18.2 Å². The molecule has 0 saturated heterocycles. The van der Waals surface area contributed by atoms with Crippen molar-refractivity contribution in [3.63, 3.8) is 0 Å². The molecule has 0 amide bonds. The largest absolute Gasteiger partial charge is 0.390 e. The van der Waals surface area contributed by atoms with Gasteiger partial charge < -0.3 is 9.84 Å². The molecular weight excluding hydrogens is 247 g/mol. The highest BCUT2D eigenvalue weighted by molar-refractivity contribution is 6.36. The summed E-state index contributed by atoms with van der Waals surface area (Å²) in [6.07, 6.45) is -1.14. The molecule has 1 N–H and O–H groups in total. The molecule has 0 aliphatic heterocycles. The summed E-state index contributed by atoms with van der Waals surface area (Å²) in [7, 11) is 1.54. The SMILES string of the molecule is CO[C@@H](c1c(Cl)cccc1Cl)[C@@H](O)C(C)C. The molecule has 1 aromatic carbocycles. The minimum atomic E-state index is -0.637. The van der Waals surface area contributed by atoms with E-state index >= 15 is 0 Å². The van der Waals surface area contributed by atoms with Crippen LogP contribution in [0.3, 0.4) is 0 Å². The van der Waals surface area contributed by atoms with Crippen LogP contribution in [0, 0.1) is 5.92 Å². The lowest BCUT2D eigenvalue weighted by Crippen LogP contribution is -2.26. The molecule has 0 bridgehead atoms. The minimum absolute atomic E-state index is 0.0669. The van der Waals surface area contributed by atoms with Gasteiger partial charge in [-0.15, -0.1) is 0 Å². The number of rotatable bonds is 4. The van der Waals surface area contributed by atoms with Crippen molar-refractivity contribution in [3.05, 3.63) is 33.8 Å². The number of benzene rings is 1. The summed E-state index contributed by atoms with van der Waals surface area (Å²) >= 11 is 12.2. The van der Waals surface area contributed by atoms with Crippen LogP contribution in [0.1, 0.15) is 25.5 Å². The Labute approximate surface area is 106 Å². The van der Waals surface area contributed by atoms with Crippen LogP contribution in [0.5, 0.6) is 0 Å². The minimum Gasteiger partial charge on any atom is -0.390 e. The molecule has 16 heavy (non-hydrogen) atoms. The number of hydrogen-bond donors (Lipinski definition) is 1. The maximum atomic E-state index is 10.0. The normalized spacial score (nSPS) is 15.2. The molecule has 4 heteroatoms. The summed E-state index contributed by atoms with van der Waals surface area (Å²) in [5.74, 6) is 0.0669. The van der Waals surface area contributed by atoms with Crippen LogP contribution in [0.15, 0.2) is 18.2 Å². The van der Waals surface area contributed by atoms with Gasteiger partial charge in [0.15, 0.2) is 0 Å². The molecule has 2 nitrogen and oxygen atoms in total. The van der Waals surface area contributed by atoms with Crippen LogP contribution in [-0.4, -0.2) is 18.3 Å². The van der Waals surface area contributed by atoms with Crippen molar-refractivity contribution < 1.29 is 9.84 Å². The molecule has 2 atom stereocenters.